The van der Waals surface area contributed by atoms with Gasteiger partial charge in [0.05, 0.1) is 6.61 Å². The van der Waals surface area contributed by atoms with E-state index in [1.807, 2.05) is 0 Å². The maximum atomic E-state index is 5.02. The molecule has 3 heteroatoms. The Hall–Kier alpha value is -1.06. The molecule has 3 nitrogen and oxygen atoms in total. The average Bonchev–Trinajstić information content (AvgIpc) is 3.26. The highest BCUT2D eigenvalue weighted by atomic mass is 16.5. The van der Waals surface area contributed by atoms with E-state index in [-0.39, 0.29) is 0 Å². The van der Waals surface area contributed by atoms with Crippen LogP contribution >= 0.6 is 0 Å². The molecule has 0 heterocycles. The number of methoxy groups -OCH3 is 1. The zero-order chi connectivity index (χ0) is 13.5. The summed E-state index contributed by atoms with van der Waals surface area (Å²) in [5.41, 5.74) is 2.69. The summed E-state index contributed by atoms with van der Waals surface area (Å²) in [5, 5.41) is 3.37. The highest BCUT2D eigenvalue weighted by Crippen LogP contribution is 2.31. The van der Waals surface area contributed by atoms with Crippen molar-refractivity contribution in [2.75, 3.05) is 38.3 Å². The topological polar surface area (TPSA) is 24.5 Å². The van der Waals surface area contributed by atoms with Gasteiger partial charge < -0.3 is 15.0 Å². The monoisotopic (exact) mass is 262 g/mol. The lowest BCUT2D eigenvalue weighted by Gasteiger charge is -2.23. The smallest absolute Gasteiger partial charge is 0.0587 e. The van der Waals surface area contributed by atoms with Crippen molar-refractivity contribution in [3.8, 4) is 0 Å². The van der Waals surface area contributed by atoms with Crippen molar-refractivity contribution < 1.29 is 4.74 Å². The standard InChI is InChI=1S/C16H26N2O/c1-3-18(13-15-4-5-15)16-8-6-14(7-9-16)12-17-10-11-19-2/h6-9,15,17H,3-5,10-13H2,1-2H3. The molecule has 19 heavy (non-hydrogen) atoms. The molecule has 1 aliphatic carbocycles. The molecule has 1 N–H and O–H groups in total. The molecule has 0 aliphatic heterocycles. The summed E-state index contributed by atoms with van der Waals surface area (Å²) in [6.07, 6.45) is 2.83. The minimum Gasteiger partial charge on any atom is -0.383 e. The lowest BCUT2D eigenvalue weighted by molar-refractivity contribution is 0.199. The molecule has 1 aliphatic rings. The average molecular weight is 262 g/mol. The zero-order valence-electron chi connectivity index (χ0n) is 12.2. The number of nitrogens with zero attached hydrogens (tertiary/aromatic N) is 1. The molecule has 1 aromatic carbocycles. The van der Waals surface area contributed by atoms with E-state index in [1.54, 1.807) is 7.11 Å². The molecule has 1 aromatic rings. The number of anilines is 1. The fourth-order valence-corrected chi connectivity index (χ4v) is 2.26. The molecule has 2 rings (SSSR count). The number of ether oxygens (including phenoxy) is 1. The first kappa shape index (κ1) is 14.4. The van der Waals surface area contributed by atoms with E-state index >= 15 is 0 Å². The summed E-state index contributed by atoms with van der Waals surface area (Å²) < 4.78 is 5.02. The van der Waals surface area contributed by atoms with Crippen LogP contribution in [0.5, 0.6) is 0 Å². The normalized spacial score (nSPS) is 14.6. The van der Waals surface area contributed by atoms with Crippen molar-refractivity contribution in [1.82, 2.24) is 5.32 Å². The molecule has 0 bridgehead atoms. The molecule has 0 unspecified atom stereocenters. The van der Waals surface area contributed by atoms with Gasteiger partial charge in [0.2, 0.25) is 0 Å². The van der Waals surface area contributed by atoms with Gasteiger partial charge in [-0.15, -0.1) is 0 Å². The number of hydrogen-bond donors (Lipinski definition) is 1. The van der Waals surface area contributed by atoms with Crippen LogP contribution < -0.4 is 10.2 Å². The van der Waals surface area contributed by atoms with Crippen molar-refractivity contribution in [3.63, 3.8) is 0 Å². The Kier molecular flexibility index (Phi) is 5.67. The summed E-state index contributed by atoms with van der Waals surface area (Å²) in [7, 11) is 1.73. The van der Waals surface area contributed by atoms with Crippen LogP contribution in [0.4, 0.5) is 5.69 Å². The van der Waals surface area contributed by atoms with E-state index in [1.165, 1.54) is 30.6 Å². The predicted octanol–water partition coefficient (Wildman–Crippen LogP) is 2.66. The number of rotatable bonds is 9. The second kappa shape index (κ2) is 7.51. The number of benzene rings is 1. The fraction of sp³-hybridized carbons (Fsp3) is 0.625. The van der Waals surface area contributed by atoms with Crippen molar-refractivity contribution in [3.05, 3.63) is 29.8 Å². The predicted molar refractivity (Wildman–Crippen MR) is 80.6 cm³/mol. The SMILES string of the molecule is CCN(CC1CC1)c1ccc(CNCCOC)cc1. The molecule has 106 valence electrons. The minimum atomic E-state index is 0.767. The Morgan fingerprint density at radius 2 is 2.00 bits per heavy atom. The first-order valence-electron chi connectivity index (χ1n) is 7.37. The van der Waals surface area contributed by atoms with Gasteiger partial charge in [0.15, 0.2) is 0 Å². The maximum absolute atomic E-state index is 5.02. The molecule has 1 saturated carbocycles. The third kappa shape index (κ3) is 4.84. The Bertz CT molecular complexity index is 360. The Morgan fingerprint density at radius 1 is 1.26 bits per heavy atom. The van der Waals surface area contributed by atoms with E-state index in [0.717, 1.165) is 32.2 Å². The van der Waals surface area contributed by atoms with Gasteiger partial charge in [-0.3, -0.25) is 0 Å². The Balaban J connectivity index is 1.82. The summed E-state index contributed by atoms with van der Waals surface area (Å²) in [6, 6.07) is 8.95. The van der Waals surface area contributed by atoms with Crippen LogP contribution in [0.2, 0.25) is 0 Å². The number of nitrogens with one attached hydrogen (secondary N) is 1. The van der Waals surface area contributed by atoms with Gasteiger partial charge in [-0.25, -0.2) is 0 Å². The van der Waals surface area contributed by atoms with Crippen molar-refractivity contribution >= 4 is 5.69 Å². The maximum Gasteiger partial charge on any atom is 0.0587 e. The molecule has 0 amide bonds. The number of hydrogen-bond acceptors (Lipinski definition) is 3. The van der Waals surface area contributed by atoms with Gasteiger partial charge >= 0.3 is 0 Å². The van der Waals surface area contributed by atoms with E-state index in [9.17, 15) is 0 Å². The van der Waals surface area contributed by atoms with Crippen LogP contribution in [0.15, 0.2) is 24.3 Å². The summed E-state index contributed by atoms with van der Waals surface area (Å²) in [5.74, 6) is 0.940. The third-order valence-corrected chi connectivity index (χ3v) is 3.67. The summed E-state index contributed by atoms with van der Waals surface area (Å²) >= 11 is 0. The van der Waals surface area contributed by atoms with Crippen molar-refractivity contribution in [2.45, 2.75) is 26.3 Å². The van der Waals surface area contributed by atoms with Crippen LogP contribution in [-0.2, 0) is 11.3 Å². The van der Waals surface area contributed by atoms with Gasteiger partial charge in [0.1, 0.15) is 0 Å². The highest BCUT2D eigenvalue weighted by Gasteiger charge is 2.23. The van der Waals surface area contributed by atoms with Crippen LogP contribution in [0, 0.1) is 5.92 Å². The second-order valence-corrected chi connectivity index (χ2v) is 5.32. The third-order valence-electron chi connectivity index (χ3n) is 3.67. The summed E-state index contributed by atoms with van der Waals surface area (Å²) in [4.78, 5) is 2.49. The molecule has 0 aromatic heterocycles. The van der Waals surface area contributed by atoms with Crippen LogP contribution in [0.1, 0.15) is 25.3 Å². The van der Waals surface area contributed by atoms with Crippen LogP contribution in [0.25, 0.3) is 0 Å². The summed E-state index contributed by atoms with van der Waals surface area (Å²) in [6.45, 7) is 7.15. The Labute approximate surface area is 116 Å². The van der Waals surface area contributed by atoms with Crippen molar-refractivity contribution in [2.24, 2.45) is 5.92 Å². The molecular weight excluding hydrogens is 236 g/mol. The van der Waals surface area contributed by atoms with Gasteiger partial charge in [0.25, 0.3) is 0 Å². The largest absolute Gasteiger partial charge is 0.383 e. The lowest BCUT2D eigenvalue weighted by Crippen LogP contribution is -2.25. The molecule has 0 spiro atoms. The molecule has 0 radical (unpaired) electrons. The van der Waals surface area contributed by atoms with Crippen LogP contribution in [-0.4, -0.2) is 33.4 Å². The fourth-order valence-electron chi connectivity index (χ4n) is 2.26. The molecule has 1 fully saturated rings. The quantitative estimate of drug-likeness (QED) is 0.692. The van der Waals surface area contributed by atoms with Gasteiger partial charge in [-0.1, -0.05) is 12.1 Å². The minimum absolute atomic E-state index is 0.767. The Morgan fingerprint density at radius 3 is 2.58 bits per heavy atom. The molecular formula is C16H26N2O. The lowest BCUT2D eigenvalue weighted by atomic mass is 10.2. The second-order valence-electron chi connectivity index (χ2n) is 5.32. The van der Waals surface area contributed by atoms with E-state index in [2.05, 4.69) is 41.4 Å². The van der Waals surface area contributed by atoms with Gasteiger partial charge in [-0.05, 0) is 43.4 Å². The highest BCUT2D eigenvalue weighted by molar-refractivity contribution is 5.47. The van der Waals surface area contributed by atoms with Crippen LogP contribution in [0.3, 0.4) is 0 Å². The molecule has 0 atom stereocenters. The molecule has 0 saturated heterocycles. The zero-order valence-corrected chi connectivity index (χ0v) is 12.2. The van der Waals surface area contributed by atoms with E-state index in [4.69, 9.17) is 4.74 Å². The van der Waals surface area contributed by atoms with Gasteiger partial charge in [-0.2, -0.15) is 0 Å². The van der Waals surface area contributed by atoms with Gasteiger partial charge in [0, 0.05) is 39.0 Å². The van der Waals surface area contributed by atoms with Crippen molar-refractivity contribution in [1.29, 1.82) is 0 Å². The van der Waals surface area contributed by atoms with E-state index < -0.39 is 0 Å². The first-order chi connectivity index (χ1) is 9.33. The first-order valence-corrected chi connectivity index (χ1v) is 7.37. The van der Waals surface area contributed by atoms with E-state index in [0.29, 0.717) is 0 Å².